The van der Waals surface area contributed by atoms with Crippen molar-refractivity contribution in [1.29, 1.82) is 0 Å². The summed E-state index contributed by atoms with van der Waals surface area (Å²) in [6.07, 6.45) is 17.8. The van der Waals surface area contributed by atoms with Crippen LogP contribution in [0.4, 0.5) is 13.2 Å². The van der Waals surface area contributed by atoms with Crippen molar-refractivity contribution in [2.45, 2.75) is 59.3 Å². The van der Waals surface area contributed by atoms with Crippen LogP contribution in [-0.4, -0.2) is 15.8 Å². The maximum Gasteiger partial charge on any atom is 0.379 e. The highest BCUT2D eigenvalue weighted by Crippen LogP contribution is 2.00. The highest BCUT2D eigenvalue weighted by atomic mass is 19.4. The van der Waals surface area contributed by atoms with Crippen LogP contribution in [0.5, 0.6) is 0 Å². The van der Waals surface area contributed by atoms with E-state index in [1.807, 2.05) is 17.8 Å². The predicted molar refractivity (Wildman–Crippen MR) is 88.1 cm³/mol. The normalized spacial score (nSPS) is 10.0. The third kappa shape index (κ3) is 12.7. The van der Waals surface area contributed by atoms with Gasteiger partial charge in [-0.15, -0.1) is 0 Å². The van der Waals surface area contributed by atoms with E-state index in [9.17, 15) is 13.2 Å². The average molecular weight is 348 g/mol. The fourth-order valence-corrected chi connectivity index (χ4v) is 2.04. The zero-order valence-electron chi connectivity index (χ0n) is 15.2. The van der Waals surface area contributed by atoms with Gasteiger partial charge in [-0.2, -0.15) is 13.2 Å². The zero-order valence-corrected chi connectivity index (χ0v) is 15.2. The molecule has 4 nitrogen and oxygen atoms in total. The van der Waals surface area contributed by atoms with Crippen LogP contribution in [0.2, 0.25) is 0 Å². The molecule has 0 unspecified atom stereocenters. The minimum atomic E-state index is -3.67. The van der Waals surface area contributed by atoms with E-state index in [2.05, 4.69) is 65.8 Å². The van der Waals surface area contributed by atoms with Crippen LogP contribution < -0.4 is 9.13 Å². The summed E-state index contributed by atoms with van der Waals surface area (Å²) in [7, 11) is 4.08. The molecule has 0 spiro atoms. The van der Waals surface area contributed by atoms with Gasteiger partial charge in [-0.3, -0.25) is 0 Å². The van der Waals surface area contributed by atoms with Gasteiger partial charge in [-0.1, -0.05) is 19.8 Å². The SMILES string of the molecule is CCCCCCn1cc[n+](C)c1.CCn1cc[n+](C)c1.FC(F)F. The van der Waals surface area contributed by atoms with Crippen LogP contribution in [-0.2, 0) is 27.2 Å². The van der Waals surface area contributed by atoms with Crippen LogP contribution in [0, 0.1) is 0 Å². The monoisotopic (exact) mass is 348 g/mol. The quantitative estimate of drug-likeness (QED) is 0.562. The first-order valence-electron chi connectivity index (χ1n) is 8.33. The van der Waals surface area contributed by atoms with Gasteiger partial charge in [-0.25, -0.2) is 18.3 Å². The number of hydrogen-bond acceptors (Lipinski definition) is 0. The maximum absolute atomic E-state index is 9.67. The van der Waals surface area contributed by atoms with E-state index in [4.69, 9.17) is 0 Å². The Hall–Kier alpha value is -1.79. The van der Waals surface area contributed by atoms with Gasteiger partial charge in [0.25, 0.3) is 0 Å². The summed E-state index contributed by atoms with van der Waals surface area (Å²) in [6, 6.07) is 0. The zero-order chi connectivity index (χ0) is 18.4. The lowest BCUT2D eigenvalue weighted by atomic mass is 10.2. The van der Waals surface area contributed by atoms with Gasteiger partial charge in [0.2, 0.25) is 12.7 Å². The average Bonchev–Trinajstić information content (AvgIpc) is 3.12. The molecule has 0 N–H and O–H groups in total. The van der Waals surface area contributed by atoms with E-state index >= 15 is 0 Å². The molecule has 0 fully saturated rings. The second-order valence-electron chi connectivity index (χ2n) is 5.53. The Morgan fingerprint density at radius 1 is 0.833 bits per heavy atom. The van der Waals surface area contributed by atoms with Gasteiger partial charge in [0, 0.05) is 0 Å². The topological polar surface area (TPSA) is 17.6 Å². The molecule has 2 aromatic rings. The molecule has 2 rings (SSSR count). The number of hydrogen-bond donors (Lipinski definition) is 0. The van der Waals surface area contributed by atoms with Gasteiger partial charge < -0.3 is 0 Å². The fraction of sp³-hybridized carbons (Fsp3) is 0.647. The van der Waals surface area contributed by atoms with Gasteiger partial charge in [-0.05, 0) is 19.8 Å². The lowest BCUT2D eigenvalue weighted by Gasteiger charge is -1.95. The summed E-state index contributed by atoms with van der Waals surface area (Å²) < 4.78 is 37.5. The number of halogens is 3. The van der Waals surface area contributed by atoms with Crippen LogP contribution in [0.3, 0.4) is 0 Å². The van der Waals surface area contributed by atoms with Crippen molar-refractivity contribution in [2.24, 2.45) is 14.1 Å². The Morgan fingerprint density at radius 3 is 1.67 bits per heavy atom. The van der Waals surface area contributed by atoms with Crippen molar-refractivity contribution < 1.29 is 22.3 Å². The lowest BCUT2D eigenvalue weighted by molar-refractivity contribution is -0.671. The number of unbranched alkanes of at least 4 members (excludes halogenated alkanes) is 3. The highest BCUT2D eigenvalue weighted by molar-refractivity contribution is 4.65. The van der Waals surface area contributed by atoms with Gasteiger partial charge in [0.15, 0.2) is 0 Å². The van der Waals surface area contributed by atoms with E-state index in [-0.39, 0.29) is 0 Å². The standard InChI is InChI=1S/C10H19N2.C6H11N2.CHF3/c1-3-4-5-6-7-12-9-8-11(2)10-12;1-3-8-5-4-7(2)6-8;2-1(3)4/h8-10H,3-7H2,1-2H3;4-6H,3H2,1-2H3;1H/q2*+1;. The lowest BCUT2D eigenvalue weighted by Crippen LogP contribution is -2.23. The summed E-state index contributed by atoms with van der Waals surface area (Å²) in [5, 5.41) is 0. The first-order valence-corrected chi connectivity index (χ1v) is 8.33. The minimum Gasteiger partial charge on any atom is -0.240 e. The van der Waals surface area contributed by atoms with Gasteiger partial charge in [0.05, 0.1) is 27.2 Å². The Morgan fingerprint density at radius 2 is 1.33 bits per heavy atom. The Kier molecular flexibility index (Phi) is 12.6. The van der Waals surface area contributed by atoms with Crippen LogP contribution >= 0.6 is 0 Å². The fourth-order valence-electron chi connectivity index (χ4n) is 2.04. The molecule has 0 aliphatic heterocycles. The Balaban J connectivity index is 0.000000379. The van der Waals surface area contributed by atoms with Crippen LogP contribution in [0.25, 0.3) is 0 Å². The second-order valence-corrected chi connectivity index (χ2v) is 5.53. The molecular formula is C17H31F3N4+2. The molecule has 7 heteroatoms. The smallest absolute Gasteiger partial charge is 0.240 e. The molecule has 0 saturated heterocycles. The molecule has 2 heterocycles. The summed E-state index contributed by atoms with van der Waals surface area (Å²) in [5.74, 6) is 0. The van der Waals surface area contributed by atoms with Crippen molar-refractivity contribution in [1.82, 2.24) is 9.13 Å². The molecule has 0 aliphatic carbocycles. The molecule has 0 aliphatic rings. The van der Waals surface area contributed by atoms with Crippen molar-refractivity contribution in [3.05, 3.63) is 37.4 Å². The number of nitrogens with zero attached hydrogens (tertiary/aromatic N) is 4. The van der Waals surface area contributed by atoms with Crippen LogP contribution in [0.1, 0.15) is 39.5 Å². The van der Waals surface area contributed by atoms with E-state index < -0.39 is 6.68 Å². The number of aromatic nitrogens is 4. The summed E-state index contributed by atoms with van der Waals surface area (Å²) in [6.45, 7) is 2.93. The van der Waals surface area contributed by atoms with Crippen molar-refractivity contribution in [3.8, 4) is 0 Å². The third-order valence-corrected chi connectivity index (χ3v) is 3.28. The minimum absolute atomic E-state index is 1.06. The Bertz CT molecular complexity index is 521. The molecule has 138 valence electrons. The van der Waals surface area contributed by atoms with E-state index in [1.54, 1.807) is 0 Å². The summed E-state index contributed by atoms with van der Waals surface area (Å²) >= 11 is 0. The molecule has 0 atom stereocenters. The molecule has 2 aromatic heterocycles. The second kappa shape index (κ2) is 13.6. The first kappa shape index (κ1) is 22.2. The first-order chi connectivity index (χ1) is 11.4. The molecular weight excluding hydrogens is 317 g/mol. The molecule has 0 amide bonds. The highest BCUT2D eigenvalue weighted by Gasteiger charge is 1.98. The Labute approximate surface area is 143 Å². The number of rotatable bonds is 6. The molecule has 0 aromatic carbocycles. The van der Waals surface area contributed by atoms with E-state index in [0.717, 1.165) is 6.54 Å². The number of imidazole rings is 2. The predicted octanol–water partition coefficient (Wildman–Crippen LogP) is 3.40. The number of aryl methyl sites for hydroxylation is 4. The van der Waals surface area contributed by atoms with Gasteiger partial charge in [0.1, 0.15) is 24.8 Å². The molecule has 0 saturated carbocycles. The van der Waals surface area contributed by atoms with Crippen LogP contribution in [0.15, 0.2) is 37.4 Å². The largest absolute Gasteiger partial charge is 0.379 e. The molecule has 0 bridgehead atoms. The van der Waals surface area contributed by atoms with E-state index in [0.29, 0.717) is 0 Å². The maximum atomic E-state index is 9.67. The third-order valence-electron chi connectivity index (χ3n) is 3.28. The summed E-state index contributed by atoms with van der Waals surface area (Å²) in [4.78, 5) is 0. The molecule has 0 radical (unpaired) electrons. The van der Waals surface area contributed by atoms with Crippen molar-refractivity contribution >= 4 is 0 Å². The summed E-state index contributed by atoms with van der Waals surface area (Å²) in [5.41, 5.74) is 0. The van der Waals surface area contributed by atoms with Gasteiger partial charge >= 0.3 is 6.68 Å². The van der Waals surface area contributed by atoms with Crippen molar-refractivity contribution in [2.75, 3.05) is 0 Å². The van der Waals surface area contributed by atoms with E-state index in [1.165, 1.54) is 32.2 Å². The molecule has 24 heavy (non-hydrogen) atoms. The number of alkyl halides is 3. The van der Waals surface area contributed by atoms with Crippen molar-refractivity contribution in [3.63, 3.8) is 0 Å².